The second-order valence-electron chi connectivity index (χ2n) is 5.50. The van der Waals surface area contributed by atoms with E-state index in [0.29, 0.717) is 12.5 Å². The topological polar surface area (TPSA) is 41.1 Å². The lowest BCUT2D eigenvalue weighted by atomic mass is 10.0. The molecule has 104 valence electrons. The minimum atomic E-state index is 0.129. The molecule has 0 aromatic heterocycles. The van der Waals surface area contributed by atoms with Crippen LogP contribution in [0.2, 0.25) is 0 Å². The first kappa shape index (κ1) is 14.1. The lowest BCUT2D eigenvalue weighted by Gasteiger charge is -2.23. The van der Waals surface area contributed by atoms with Gasteiger partial charge in [-0.2, -0.15) is 0 Å². The number of piperidine rings is 1. The van der Waals surface area contributed by atoms with Crippen molar-refractivity contribution < 1.29 is 4.79 Å². The maximum Gasteiger partial charge on any atom is 0.224 e. The van der Waals surface area contributed by atoms with Gasteiger partial charge in [-0.15, -0.1) is 0 Å². The van der Waals surface area contributed by atoms with E-state index >= 15 is 0 Å². The molecule has 1 atom stereocenters. The molecule has 1 aromatic carbocycles. The van der Waals surface area contributed by atoms with E-state index in [0.717, 1.165) is 29.8 Å². The largest absolute Gasteiger partial charge is 0.326 e. The van der Waals surface area contributed by atoms with Crippen LogP contribution in [0, 0.1) is 13.8 Å². The number of rotatable bonds is 4. The maximum atomic E-state index is 12.0. The van der Waals surface area contributed by atoms with E-state index in [-0.39, 0.29) is 5.91 Å². The normalized spacial score (nSPS) is 19.2. The predicted octanol–water partition coefficient (Wildman–Crippen LogP) is 3.16. The summed E-state index contributed by atoms with van der Waals surface area (Å²) in [4.78, 5) is 12.0. The summed E-state index contributed by atoms with van der Waals surface area (Å²) in [6, 6.07) is 6.61. The fraction of sp³-hybridized carbons (Fsp3) is 0.562. The zero-order valence-corrected chi connectivity index (χ0v) is 12.0. The standard InChI is InChI=1S/C16H24N2O/c1-12-6-5-7-13(2)16(12)18-15(19)10-9-14-8-3-4-11-17-14/h5-7,14,17H,3-4,8-11H2,1-2H3,(H,18,19). The van der Waals surface area contributed by atoms with Crippen LogP contribution >= 0.6 is 0 Å². The van der Waals surface area contributed by atoms with E-state index in [1.54, 1.807) is 0 Å². The molecule has 0 spiro atoms. The molecule has 1 amide bonds. The molecule has 3 nitrogen and oxygen atoms in total. The van der Waals surface area contributed by atoms with Crippen LogP contribution in [-0.2, 0) is 4.79 Å². The molecule has 1 aromatic rings. The Labute approximate surface area is 115 Å². The average molecular weight is 260 g/mol. The third kappa shape index (κ3) is 4.06. The van der Waals surface area contributed by atoms with Gasteiger partial charge < -0.3 is 10.6 Å². The summed E-state index contributed by atoms with van der Waals surface area (Å²) in [5, 5.41) is 6.53. The highest BCUT2D eigenvalue weighted by Crippen LogP contribution is 2.20. The van der Waals surface area contributed by atoms with Crippen LogP contribution in [0.3, 0.4) is 0 Å². The van der Waals surface area contributed by atoms with Gasteiger partial charge in [0.1, 0.15) is 0 Å². The van der Waals surface area contributed by atoms with Gasteiger partial charge in [0.2, 0.25) is 5.91 Å². The summed E-state index contributed by atoms with van der Waals surface area (Å²) in [7, 11) is 0. The van der Waals surface area contributed by atoms with Crippen LogP contribution in [-0.4, -0.2) is 18.5 Å². The number of carbonyl (C=O) groups excluding carboxylic acids is 1. The van der Waals surface area contributed by atoms with Crippen LogP contribution in [0.15, 0.2) is 18.2 Å². The molecule has 0 saturated carbocycles. The molecule has 2 rings (SSSR count). The number of hydrogen-bond acceptors (Lipinski definition) is 2. The Morgan fingerprint density at radius 1 is 1.32 bits per heavy atom. The molecule has 3 heteroatoms. The Hall–Kier alpha value is -1.35. The quantitative estimate of drug-likeness (QED) is 0.873. The van der Waals surface area contributed by atoms with Gasteiger partial charge in [0.25, 0.3) is 0 Å². The van der Waals surface area contributed by atoms with Gasteiger partial charge in [-0.05, 0) is 50.8 Å². The summed E-state index contributed by atoms with van der Waals surface area (Å²) < 4.78 is 0. The van der Waals surface area contributed by atoms with Crippen molar-refractivity contribution >= 4 is 11.6 Å². The van der Waals surface area contributed by atoms with Gasteiger partial charge in [0.05, 0.1) is 0 Å². The number of carbonyl (C=O) groups is 1. The van der Waals surface area contributed by atoms with Crippen LogP contribution in [0.1, 0.15) is 43.2 Å². The number of hydrogen-bond donors (Lipinski definition) is 2. The fourth-order valence-corrected chi connectivity index (χ4v) is 2.69. The molecule has 1 saturated heterocycles. The first-order valence-corrected chi connectivity index (χ1v) is 7.26. The summed E-state index contributed by atoms with van der Waals surface area (Å²) in [5.41, 5.74) is 3.23. The lowest BCUT2D eigenvalue weighted by molar-refractivity contribution is -0.116. The molecule has 0 radical (unpaired) electrons. The molecular weight excluding hydrogens is 236 g/mol. The molecule has 2 N–H and O–H groups in total. The zero-order valence-electron chi connectivity index (χ0n) is 12.0. The van der Waals surface area contributed by atoms with Crippen molar-refractivity contribution in [2.45, 2.75) is 52.0 Å². The Kier molecular flexibility index (Phi) is 4.97. The number of anilines is 1. The maximum absolute atomic E-state index is 12.0. The number of para-hydroxylation sites is 1. The van der Waals surface area contributed by atoms with E-state index in [4.69, 9.17) is 0 Å². The van der Waals surface area contributed by atoms with Crippen LogP contribution in [0.4, 0.5) is 5.69 Å². The van der Waals surface area contributed by atoms with Gasteiger partial charge >= 0.3 is 0 Å². The molecule has 0 aliphatic carbocycles. The fourth-order valence-electron chi connectivity index (χ4n) is 2.69. The molecule has 1 unspecified atom stereocenters. The Balaban J connectivity index is 1.83. The highest BCUT2D eigenvalue weighted by atomic mass is 16.1. The smallest absolute Gasteiger partial charge is 0.224 e. The van der Waals surface area contributed by atoms with E-state index in [1.165, 1.54) is 19.3 Å². The third-order valence-electron chi connectivity index (χ3n) is 3.88. The van der Waals surface area contributed by atoms with Gasteiger partial charge in [0, 0.05) is 18.2 Å². The summed E-state index contributed by atoms with van der Waals surface area (Å²) in [6.45, 7) is 5.17. The Morgan fingerprint density at radius 3 is 2.68 bits per heavy atom. The Bertz CT molecular complexity index is 416. The van der Waals surface area contributed by atoms with E-state index in [9.17, 15) is 4.79 Å². The number of benzene rings is 1. The average Bonchev–Trinajstić information content (AvgIpc) is 2.42. The monoisotopic (exact) mass is 260 g/mol. The molecule has 19 heavy (non-hydrogen) atoms. The van der Waals surface area contributed by atoms with Crippen molar-refractivity contribution in [3.63, 3.8) is 0 Å². The minimum absolute atomic E-state index is 0.129. The minimum Gasteiger partial charge on any atom is -0.326 e. The van der Waals surface area contributed by atoms with Crippen molar-refractivity contribution in [2.75, 3.05) is 11.9 Å². The molecule has 0 bridgehead atoms. The first-order chi connectivity index (χ1) is 9.16. The van der Waals surface area contributed by atoms with Crippen molar-refractivity contribution in [1.29, 1.82) is 0 Å². The predicted molar refractivity (Wildman–Crippen MR) is 79.4 cm³/mol. The van der Waals surface area contributed by atoms with Crippen molar-refractivity contribution in [3.05, 3.63) is 29.3 Å². The van der Waals surface area contributed by atoms with Crippen LogP contribution < -0.4 is 10.6 Å². The SMILES string of the molecule is Cc1cccc(C)c1NC(=O)CCC1CCCCN1. The number of nitrogens with one attached hydrogen (secondary N) is 2. The van der Waals surface area contributed by atoms with Gasteiger partial charge in [-0.3, -0.25) is 4.79 Å². The highest BCUT2D eigenvalue weighted by Gasteiger charge is 2.14. The second-order valence-corrected chi connectivity index (χ2v) is 5.50. The molecule has 1 aliphatic rings. The van der Waals surface area contributed by atoms with E-state index in [2.05, 4.69) is 10.6 Å². The molecule has 1 heterocycles. The van der Waals surface area contributed by atoms with Crippen LogP contribution in [0.25, 0.3) is 0 Å². The van der Waals surface area contributed by atoms with Gasteiger partial charge in [-0.25, -0.2) is 0 Å². The molecular formula is C16H24N2O. The zero-order chi connectivity index (χ0) is 13.7. The molecule has 1 fully saturated rings. The number of amides is 1. The van der Waals surface area contributed by atoms with Crippen LogP contribution in [0.5, 0.6) is 0 Å². The van der Waals surface area contributed by atoms with Crippen molar-refractivity contribution in [2.24, 2.45) is 0 Å². The summed E-state index contributed by atoms with van der Waals surface area (Å²) >= 11 is 0. The number of aryl methyl sites for hydroxylation is 2. The van der Waals surface area contributed by atoms with Crippen molar-refractivity contribution in [3.8, 4) is 0 Å². The highest BCUT2D eigenvalue weighted by molar-refractivity contribution is 5.92. The molecule has 1 aliphatic heterocycles. The van der Waals surface area contributed by atoms with E-state index < -0.39 is 0 Å². The van der Waals surface area contributed by atoms with Gasteiger partial charge in [-0.1, -0.05) is 24.6 Å². The first-order valence-electron chi connectivity index (χ1n) is 7.26. The Morgan fingerprint density at radius 2 is 2.05 bits per heavy atom. The summed E-state index contributed by atoms with van der Waals surface area (Å²) in [5.74, 6) is 0.129. The lowest BCUT2D eigenvalue weighted by Crippen LogP contribution is -2.34. The van der Waals surface area contributed by atoms with Crippen molar-refractivity contribution in [1.82, 2.24) is 5.32 Å². The second kappa shape index (κ2) is 6.71. The van der Waals surface area contributed by atoms with E-state index in [1.807, 2.05) is 32.0 Å². The third-order valence-corrected chi connectivity index (χ3v) is 3.88. The van der Waals surface area contributed by atoms with Gasteiger partial charge in [0.15, 0.2) is 0 Å². The summed E-state index contributed by atoms with van der Waals surface area (Å²) in [6.07, 6.45) is 5.31.